The third-order valence-corrected chi connectivity index (χ3v) is 20.1. The van der Waals surface area contributed by atoms with Crippen molar-refractivity contribution in [3.8, 4) is 0 Å². The monoisotopic (exact) mass is 459 g/mol. The summed E-state index contributed by atoms with van der Waals surface area (Å²) in [6.45, 7) is 6.88. The summed E-state index contributed by atoms with van der Waals surface area (Å²) in [5, 5.41) is 0. The Morgan fingerprint density at radius 2 is 1.72 bits per heavy atom. The summed E-state index contributed by atoms with van der Waals surface area (Å²) >= 11 is -2.55. The fraction of sp³-hybridized carbons (Fsp3) is 0.864. The summed E-state index contributed by atoms with van der Waals surface area (Å²) in [6.07, 6.45) is 13.7. The van der Waals surface area contributed by atoms with E-state index in [4.69, 9.17) is 4.74 Å². The van der Waals surface area contributed by atoms with E-state index in [9.17, 15) is 6.17 Å². The Balaban J connectivity index is 2.94. The van der Waals surface area contributed by atoms with Crippen molar-refractivity contribution in [2.75, 3.05) is 7.11 Å². The van der Waals surface area contributed by atoms with E-state index in [1.807, 2.05) is 0 Å². The van der Waals surface area contributed by atoms with Gasteiger partial charge in [-0.15, -0.1) is 0 Å². The average Bonchev–Trinajstić information content (AvgIpc) is 2.67. The predicted octanol–water partition coefficient (Wildman–Crippen LogP) is 7.13. The topological polar surface area (TPSA) is 26.3 Å². The van der Waals surface area contributed by atoms with Crippen molar-refractivity contribution in [3.63, 3.8) is 0 Å². The molecule has 0 heterocycles. The van der Waals surface area contributed by atoms with Gasteiger partial charge in [-0.2, -0.15) is 0 Å². The number of carbonyl (C=O) groups excluding carboxylic acids is 1. The first-order valence-electron chi connectivity index (χ1n) is 11.3. The maximum atomic E-state index is 11.7. The summed E-state index contributed by atoms with van der Waals surface area (Å²) in [5.41, 5.74) is 1.39. The van der Waals surface area contributed by atoms with Gasteiger partial charge in [0.2, 0.25) is 0 Å². The minimum absolute atomic E-state index is 0.0875. The first kappa shape index (κ1) is 21.3. The molecule has 25 heavy (non-hydrogen) atoms. The van der Waals surface area contributed by atoms with Crippen molar-refractivity contribution >= 4 is 24.3 Å². The number of hydrogen-bond acceptors (Lipinski definition) is 2. The number of rotatable bonds is 13. The van der Waals surface area contributed by atoms with Gasteiger partial charge < -0.3 is 0 Å². The van der Waals surface area contributed by atoms with Crippen LogP contribution in [0.1, 0.15) is 86.4 Å². The molecular formula is C22H42O2Sn. The molecule has 1 aliphatic rings. The SMILES string of the molecule is [2H][C@@H](C1=CCC[C@@H](CC(=O)OC)C1)[Sn]([CH2]CCC)([CH2]CCC)[CH2]CCC. The molecule has 0 saturated carbocycles. The number of esters is 1. The van der Waals surface area contributed by atoms with Crippen LogP contribution in [0.2, 0.25) is 17.7 Å². The first-order chi connectivity index (χ1) is 12.5. The molecule has 1 aliphatic carbocycles. The van der Waals surface area contributed by atoms with E-state index in [2.05, 4.69) is 26.8 Å². The Morgan fingerprint density at radius 1 is 1.16 bits per heavy atom. The quantitative estimate of drug-likeness (QED) is 0.167. The normalized spacial score (nSPS) is 19.9. The van der Waals surface area contributed by atoms with Crippen molar-refractivity contribution in [2.45, 2.75) is 103 Å². The Morgan fingerprint density at radius 3 is 2.20 bits per heavy atom. The Kier molecular flexibility index (Phi) is 11.3. The number of methoxy groups -OCH3 is 1. The van der Waals surface area contributed by atoms with Crippen LogP contribution in [-0.4, -0.2) is 31.5 Å². The predicted molar refractivity (Wildman–Crippen MR) is 112 cm³/mol. The van der Waals surface area contributed by atoms with Crippen molar-refractivity contribution < 1.29 is 10.9 Å². The molecule has 0 N–H and O–H groups in total. The van der Waals surface area contributed by atoms with Gasteiger partial charge in [0.25, 0.3) is 0 Å². The summed E-state index contributed by atoms with van der Waals surface area (Å²) in [6, 6.07) is 0. The van der Waals surface area contributed by atoms with Crippen LogP contribution in [0.25, 0.3) is 0 Å². The standard InChI is InChI=1S/C10H15O2.3C4H9.Sn/c1-8-4-3-5-9(6-8)7-10(11)12-2;3*1-3-4-2;/h4,9H,1,3,5-7H2,2H3;3*1,3-4H2,2H3;/t9-;;;;/m1..../s1/i1D;;;;. The molecule has 0 aromatic heterocycles. The Hall–Kier alpha value is 0.00870. The average molecular weight is 458 g/mol. The number of unbranched alkanes of at least 4 members (excludes halogenated alkanes) is 3. The fourth-order valence-corrected chi connectivity index (χ4v) is 19.6. The van der Waals surface area contributed by atoms with E-state index in [1.54, 1.807) is 0 Å². The molecule has 0 bridgehead atoms. The van der Waals surface area contributed by atoms with Crippen LogP contribution < -0.4 is 0 Å². The molecular weight excluding hydrogens is 415 g/mol. The van der Waals surface area contributed by atoms with Crippen LogP contribution in [0, 0.1) is 5.92 Å². The minimum atomic E-state index is -2.55. The Bertz CT molecular complexity index is 414. The van der Waals surface area contributed by atoms with Gasteiger partial charge in [-0.25, -0.2) is 0 Å². The van der Waals surface area contributed by atoms with Gasteiger partial charge in [0, 0.05) is 0 Å². The molecule has 0 aromatic carbocycles. The molecule has 3 heteroatoms. The molecule has 0 fully saturated rings. The van der Waals surface area contributed by atoms with E-state index in [0.717, 1.165) is 19.3 Å². The summed E-state index contributed by atoms with van der Waals surface area (Å²) in [4.78, 5) is 11.7. The molecule has 0 spiro atoms. The van der Waals surface area contributed by atoms with Gasteiger partial charge in [-0.3, -0.25) is 0 Å². The van der Waals surface area contributed by atoms with E-state index < -0.39 is 18.4 Å². The van der Waals surface area contributed by atoms with Crippen LogP contribution in [0.5, 0.6) is 0 Å². The zero-order valence-corrected chi connectivity index (χ0v) is 20.1. The molecule has 0 saturated heterocycles. The van der Waals surface area contributed by atoms with Crippen molar-refractivity contribution in [1.29, 1.82) is 0 Å². The van der Waals surface area contributed by atoms with Crippen molar-refractivity contribution in [1.82, 2.24) is 0 Å². The van der Waals surface area contributed by atoms with E-state index >= 15 is 0 Å². The van der Waals surface area contributed by atoms with Gasteiger partial charge in [0.15, 0.2) is 0 Å². The van der Waals surface area contributed by atoms with Gasteiger partial charge in [0.05, 0.1) is 0 Å². The maximum absolute atomic E-state index is 11.7. The van der Waals surface area contributed by atoms with E-state index in [1.165, 1.54) is 64.5 Å². The summed E-state index contributed by atoms with van der Waals surface area (Å²) in [5.74, 6) is 0.304. The summed E-state index contributed by atoms with van der Waals surface area (Å²) < 4.78 is 18.5. The first-order valence-corrected chi connectivity index (χ1v) is 18.4. The van der Waals surface area contributed by atoms with Gasteiger partial charge >= 0.3 is 163 Å². The van der Waals surface area contributed by atoms with Crippen molar-refractivity contribution in [2.24, 2.45) is 5.92 Å². The fourth-order valence-electron chi connectivity index (χ4n) is 4.21. The van der Waals surface area contributed by atoms with Gasteiger partial charge in [-0.05, 0) is 0 Å². The summed E-state index contributed by atoms with van der Waals surface area (Å²) in [7, 11) is 1.48. The van der Waals surface area contributed by atoms with E-state index in [-0.39, 0.29) is 10.4 Å². The molecule has 0 amide bonds. The molecule has 0 unspecified atom stereocenters. The van der Waals surface area contributed by atoms with Crippen LogP contribution in [0.4, 0.5) is 0 Å². The van der Waals surface area contributed by atoms with Gasteiger partial charge in [-0.1, -0.05) is 0 Å². The van der Waals surface area contributed by atoms with Crippen LogP contribution >= 0.6 is 0 Å². The second-order valence-electron chi connectivity index (χ2n) is 8.02. The molecule has 1 rings (SSSR count). The third-order valence-electron chi connectivity index (χ3n) is 5.77. The second kappa shape index (κ2) is 13.2. The Labute approximate surface area is 162 Å². The van der Waals surface area contributed by atoms with Crippen LogP contribution in [0.15, 0.2) is 11.6 Å². The number of hydrogen-bond donors (Lipinski definition) is 0. The number of allylic oxidation sites excluding steroid dienone is 2. The third kappa shape index (κ3) is 8.97. The molecule has 0 aliphatic heterocycles. The second-order valence-corrected chi connectivity index (χ2v) is 20.9. The zero-order valence-electron chi connectivity index (χ0n) is 18.2. The molecule has 0 radical (unpaired) electrons. The van der Waals surface area contributed by atoms with E-state index in [0.29, 0.717) is 12.3 Å². The number of ether oxygens (including phenoxy) is 1. The molecule has 2 nitrogen and oxygen atoms in total. The van der Waals surface area contributed by atoms with Crippen molar-refractivity contribution in [3.05, 3.63) is 11.6 Å². The molecule has 146 valence electrons. The van der Waals surface area contributed by atoms with Gasteiger partial charge in [0.1, 0.15) is 0 Å². The van der Waals surface area contributed by atoms with Crippen LogP contribution in [0.3, 0.4) is 0 Å². The van der Waals surface area contributed by atoms with Crippen LogP contribution in [-0.2, 0) is 9.53 Å². The number of carbonyl (C=O) groups is 1. The zero-order chi connectivity index (χ0) is 19.4. The molecule has 0 aromatic rings. The molecule has 2 atom stereocenters.